The van der Waals surface area contributed by atoms with Gasteiger partial charge in [-0.3, -0.25) is 9.78 Å². The number of hydrogen-bond donors (Lipinski definition) is 1. The standard InChI is InChI=1S/C26H30N2O5/c1-3-31-22-7-4-5-8-23(22)32-16-6-9-26(29)28-18-21-10-11-24(25(17-21)30-2)33-19-20-12-14-27-15-13-20/h4-5,7-8,10-15,17H,3,6,9,16,18-19H2,1-2H3,(H,28,29). The highest BCUT2D eigenvalue weighted by Crippen LogP contribution is 2.29. The number of pyridine rings is 1. The fourth-order valence-corrected chi connectivity index (χ4v) is 3.13. The molecule has 0 saturated carbocycles. The molecule has 0 atom stereocenters. The molecule has 1 amide bonds. The minimum absolute atomic E-state index is 0.0336. The van der Waals surface area contributed by atoms with Gasteiger partial charge in [-0.25, -0.2) is 0 Å². The molecule has 1 N–H and O–H groups in total. The first-order chi connectivity index (χ1) is 16.2. The van der Waals surface area contributed by atoms with Crippen molar-refractivity contribution >= 4 is 5.91 Å². The number of carbonyl (C=O) groups excluding carboxylic acids is 1. The second kappa shape index (κ2) is 13.0. The first kappa shape index (κ1) is 23.9. The number of hydrogen-bond acceptors (Lipinski definition) is 6. The lowest BCUT2D eigenvalue weighted by molar-refractivity contribution is -0.121. The summed E-state index contributed by atoms with van der Waals surface area (Å²) in [6.45, 7) is 3.78. The lowest BCUT2D eigenvalue weighted by Crippen LogP contribution is -2.23. The third-order valence-electron chi connectivity index (χ3n) is 4.82. The molecule has 0 aliphatic carbocycles. The van der Waals surface area contributed by atoms with Crippen molar-refractivity contribution in [2.75, 3.05) is 20.3 Å². The van der Waals surface area contributed by atoms with Crippen molar-refractivity contribution < 1.29 is 23.7 Å². The summed E-state index contributed by atoms with van der Waals surface area (Å²) in [6.07, 6.45) is 4.44. The van der Waals surface area contributed by atoms with Crippen LogP contribution in [0.5, 0.6) is 23.0 Å². The predicted octanol–water partition coefficient (Wildman–Crippen LogP) is 4.54. The van der Waals surface area contributed by atoms with Crippen LogP contribution >= 0.6 is 0 Å². The topological polar surface area (TPSA) is 78.9 Å². The Morgan fingerprint density at radius 3 is 2.33 bits per heavy atom. The highest BCUT2D eigenvalue weighted by molar-refractivity contribution is 5.75. The number of para-hydroxylation sites is 2. The van der Waals surface area contributed by atoms with Gasteiger partial charge in [-0.05, 0) is 60.9 Å². The van der Waals surface area contributed by atoms with E-state index in [-0.39, 0.29) is 5.91 Å². The molecule has 0 saturated heterocycles. The van der Waals surface area contributed by atoms with Crippen molar-refractivity contribution in [3.8, 4) is 23.0 Å². The summed E-state index contributed by atoms with van der Waals surface area (Å²) in [5, 5.41) is 2.94. The molecule has 0 bridgehead atoms. The number of aromatic nitrogens is 1. The quantitative estimate of drug-likeness (QED) is 0.385. The number of nitrogens with one attached hydrogen (secondary N) is 1. The lowest BCUT2D eigenvalue weighted by atomic mass is 10.2. The molecule has 7 heteroatoms. The van der Waals surface area contributed by atoms with Crippen LogP contribution in [0, 0.1) is 0 Å². The fourth-order valence-electron chi connectivity index (χ4n) is 3.13. The smallest absolute Gasteiger partial charge is 0.220 e. The molecule has 0 spiro atoms. The second-order valence-corrected chi connectivity index (χ2v) is 7.24. The summed E-state index contributed by atoms with van der Waals surface area (Å²) < 4.78 is 22.6. The zero-order valence-corrected chi connectivity index (χ0v) is 19.1. The van der Waals surface area contributed by atoms with Crippen LogP contribution in [0.25, 0.3) is 0 Å². The molecule has 0 aliphatic heterocycles. The van der Waals surface area contributed by atoms with Crippen LogP contribution in [0.4, 0.5) is 0 Å². The maximum absolute atomic E-state index is 12.2. The molecule has 33 heavy (non-hydrogen) atoms. The first-order valence-electron chi connectivity index (χ1n) is 11.0. The number of methoxy groups -OCH3 is 1. The molecule has 0 aliphatic rings. The van der Waals surface area contributed by atoms with Gasteiger partial charge in [0.2, 0.25) is 5.91 Å². The molecule has 3 aromatic rings. The van der Waals surface area contributed by atoms with Crippen molar-refractivity contribution in [3.05, 3.63) is 78.1 Å². The zero-order chi connectivity index (χ0) is 23.3. The van der Waals surface area contributed by atoms with E-state index in [1.54, 1.807) is 19.5 Å². The van der Waals surface area contributed by atoms with Crippen LogP contribution in [0.15, 0.2) is 67.0 Å². The summed E-state index contributed by atoms with van der Waals surface area (Å²) in [4.78, 5) is 16.2. The molecule has 7 nitrogen and oxygen atoms in total. The zero-order valence-electron chi connectivity index (χ0n) is 19.1. The van der Waals surface area contributed by atoms with E-state index in [0.29, 0.717) is 62.2 Å². The Bertz CT molecular complexity index is 1010. The van der Waals surface area contributed by atoms with E-state index < -0.39 is 0 Å². The normalized spacial score (nSPS) is 10.4. The van der Waals surface area contributed by atoms with E-state index >= 15 is 0 Å². The van der Waals surface area contributed by atoms with Gasteiger partial charge >= 0.3 is 0 Å². The third kappa shape index (κ3) is 7.71. The van der Waals surface area contributed by atoms with Crippen molar-refractivity contribution in [1.29, 1.82) is 0 Å². The third-order valence-corrected chi connectivity index (χ3v) is 4.82. The summed E-state index contributed by atoms with van der Waals surface area (Å²) in [5.74, 6) is 2.64. The molecule has 1 heterocycles. The maximum Gasteiger partial charge on any atom is 0.220 e. The second-order valence-electron chi connectivity index (χ2n) is 7.24. The predicted molar refractivity (Wildman–Crippen MR) is 126 cm³/mol. The Morgan fingerprint density at radius 2 is 1.61 bits per heavy atom. The highest BCUT2D eigenvalue weighted by Gasteiger charge is 2.09. The molecule has 3 rings (SSSR count). The minimum Gasteiger partial charge on any atom is -0.493 e. The Kier molecular flexibility index (Phi) is 9.39. The number of nitrogens with zero attached hydrogens (tertiary/aromatic N) is 1. The Morgan fingerprint density at radius 1 is 0.879 bits per heavy atom. The number of amides is 1. The van der Waals surface area contributed by atoms with Crippen molar-refractivity contribution in [2.24, 2.45) is 0 Å². The number of ether oxygens (including phenoxy) is 4. The maximum atomic E-state index is 12.2. The van der Waals surface area contributed by atoms with Crippen molar-refractivity contribution in [2.45, 2.75) is 32.9 Å². The summed E-state index contributed by atoms with van der Waals surface area (Å²) in [7, 11) is 1.60. The average Bonchev–Trinajstić information content (AvgIpc) is 2.86. The van der Waals surface area contributed by atoms with E-state index in [0.717, 1.165) is 11.1 Å². The van der Waals surface area contributed by atoms with Gasteiger partial charge in [0.15, 0.2) is 23.0 Å². The van der Waals surface area contributed by atoms with Crippen molar-refractivity contribution in [1.82, 2.24) is 10.3 Å². The molecule has 0 unspecified atom stereocenters. The molecule has 2 aromatic carbocycles. The summed E-state index contributed by atoms with van der Waals surface area (Å²) >= 11 is 0. The summed E-state index contributed by atoms with van der Waals surface area (Å²) in [5.41, 5.74) is 1.95. The number of rotatable bonds is 13. The van der Waals surface area contributed by atoms with Gasteiger partial charge in [0.1, 0.15) is 6.61 Å². The number of carbonyl (C=O) groups is 1. The van der Waals surface area contributed by atoms with E-state index in [9.17, 15) is 4.79 Å². The van der Waals surface area contributed by atoms with Crippen LogP contribution in [0.1, 0.15) is 30.9 Å². The largest absolute Gasteiger partial charge is 0.493 e. The van der Waals surface area contributed by atoms with Gasteiger partial charge in [0.25, 0.3) is 0 Å². The van der Waals surface area contributed by atoms with Gasteiger partial charge in [0.05, 0.1) is 20.3 Å². The Balaban J connectivity index is 1.41. The van der Waals surface area contributed by atoms with Crippen LogP contribution < -0.4 is 24.3 Å². The van der Waals surface area contributed by atoms with Gasteiger partial charge in [0, 0.05) is 25.4 Å². The van der Waals surface area contributed by atoms with E-state index in [2.05, 4.69) is 10.3 Å². The van der Waals surface area contributed by atoms with E-state index in [4.69, 9.17) is 18.9 Å². The Labute approximate surface area is 194 Å². The molecule has 174 valence electrons. The van der Waals surface area contributed by atoms with Gasteiger partial charge in [-0.15, -0.1) is 0 Å². The minimum atomic E-state index is -0.0336. The number of benzene rings is 2. The monoisotopic (exact) mass is 450 g/mol. The van der Waals surface area contributed by atoms with E-state index in [1.165, 1.54) is 0 Å². The molecular formula is C26H30N2O5. The first-order valence-corrected chi connectivity index (χ1v) is 11.0. The fraction of sp³-hybridized carbons (Fsp3) is 0.308. The Hall–Kier alpha value is -3.74. The van der Waals surface area contributed by atoms with Crippen LogP contribution in [0.3, 0.4) is 0 Å². The molecule has 0 fully saturated rings. The molecule has 0 radical (unpaired) electrons. The lowest BCUT2D eigenvalue weighted by Gasteiger charge is -2.13. The van der Waals surface area contributed by atoms with Crippen molar-refractivity contribution in [3.63, 3.8) is 0 Å². The highest BCUT2D eigenvalue weighted by atomic mass is 16.5. The van der Waals surface area contributed by atoms with Gasteiger partial charge in [-0.1, -0.05) is 18.2 Å². The van der Waals surface area contributed by atoms with Crippen LogP contribution in [-0.2, 0) is 17.9 Å². The molecule has 1 aromatic heterocycles. The van der Waals surface area contributed by atoms with Gasteiger partial charge < -0.3 is 24.3 Å². The molecular weight excluding hydrogens is 420 g/mol. The average molecular weight is 451 g/mol. The van der Waals surface area contributed by atoms with E-state index in [1.807, 2.05) is 61.5 Å². The SMILES string of the molecule is CCOc1ccccc1OCCCC(=O)NCc1ccc(OCc2ccncc2)c(OC)c1. The van der Waals surface area contributed by atoms with Crippen LogP contribution in [-0.4, -0.2) is 31.2 Å². The van der Waals surface area contributed by atoms with Crippen LogP contribution in [0.2, 0.25) is 0 Å². The summed E-state index contributed by atoms with van der Waals surface area (Å²) in [6, 6.07) is 17.0. The van der Waals surface area contributed by atoms with Gasteiger partial charge in [-0.2, -0.15) is 0 Å².